The summed E-state index contributed by atoms with van der Waals surface area (Å²) in [6.07, 6.45) is 1.90. The van der Waals surface area contributed by atoms with Crippen molar-refractivity contribution in [1.29, 1.82) is 0 Å². The summed E-state index contributed by atoms with van der Waals surface area (Å²) in [4.78, 5) is 9.39. The van der Waals surface area contributed by atoms with E-state index in [1.807, 2.05) is 6.20 Å². The first-order valence-electron chi connectivity index (χ1n) is 6.56. The van der Waals surface area contributed by atoms with Gasteiger partial charge in [-0.15, -0.1) is 0 Å². The topological polar surface area (TPSA) is 45.4 Å². The zero-order valence-electron chi connectivity index (χ0n) is 11.9. The predicted molar refractivity (Wildman–Crippen MR) is 75.8 cm³/mol. The molecule has 0 aromatic carbocycles. The van der Waals surface area contributed by atoms with Gasteiger partial charge < -0.3 is 10.6 Å². The van der Waals surface area contributed by atoms with E-state index in [0.29, 0.717) is 6.54 Å². The monoisotopic (exact) mass is 248 g/mol. The van der Waals surface area contributed by atoms with Gasteiger partial charge in [0.2, 0.25) is 0 Å². The number of rotatable bonds is 2. The van der Waals surface area contributed by atoms with Crippen molar-refractivity contribution in [2.75, 3.05) is 31.6 Å². The fourth-order valence-corrected chi connectivity index (χ4v) is 2.49. The SMILES string of the molecule is Cc1cc(CN)cnc1N1CCN(C)C(C)(C)C1. The Labute approximate surface area is 110 Å². The third-order valence-electron chi connectivity index (χ3n) is 3.96. The number of nitrogens with two attached hydrogens (primary N) is 1. The zero-order chi connectivity index (χ0) is 13.3. The van der Waals surface area contributed by atoms with Gasteiger partial charge in [0, 0.05) is 37.9 Å². The largest absolute Gasteiger partial charge is 0.353 e. The number of aryl methyl sites for hydroxylation is 1. The van der Waals surface area contributed by atoms with Crippen molar-refractivity contribution in [3.63, 3.8) is 0 Å². The molecule has 1 aliphatic heterocycles. The molecule has 0 spiro atoms. The Morgan fingerprint density at radius 2 is 2.11 bits per heavy atom. The molecule has 18 heavy (non-hydrogen) atoms. The molecule has 1 saturated heterocycles. The minimum Gasteiger partial charge on any atom is -0.353 e. The summed E-state index contributed by atoms with van der Waals surface area (Å²) in [6, 6.07) is 2.15. The molecule has 1 fully saturated rings. The average molecular weight is 248 g/mol. The molecule has 2 N–H and O–H groups in total. The van der Waals surface area contributed by atoms with Crippen molar-refractivity contribution < 1.29 is 0 Å². The molecule has 1 aromatic heterocycles. The van der Waals surface area contributed by atoms with Crippen molar-refractivity contribution in [2.24, 2.45) is 5.73 Å². The van der Waals surface area contributed by atoms with Crippen LogP contribution in [0.3, 0.4) is 0 Å². The summed E-state index contributed by atoms with van der Waals surface area (Å²) in [5.41, 5.74) is 8.16. The Balaban J connectivity index is 2.22. The van der Waals surface area contributed by atoms with Crippen LogP contribution in [-0.4, -0.2) is 42.1 Å². The van der Waals surface area contributed by atoms with Crippen LogP contribution in [-0.2, 0) is 6.54 Å². The van der Waals surface area contributed by atoms with Crippen LogP contribution in [0.4, 0.5) is 5.82 Å². The maximum absolute atomic E-state index is 5.65. The van der Waals surface area contributed by atoms with Crippen LogP contribution < -0.4 is 10.6 Å². The summed E-state index contributed by atoms with van der Waals surface area (Å²) in [5, 5.41) is 0. The highest BCUT2D eigenvalue weighted by Crippen LogP contribution is 2.25. The van der Waals surface area contributed by atoms with Gasteiger partial charge in [-0.3, -0.25) is 4.90 Å². The molecule has 4 nitrogen and oxygen atoms in total. The van der Waals surface area contributed by atoms with Crippen molar-refractivity contribution >= 4 is 5.82 Å². The van der Waals surface area contributed by atoms with E-state index in [-0.39, 0.29) is 5.54 Å². The lowest BCUT2D eigenvalue weighted by atomic mass is 9.99. The molecular weight excluding hydrogens is 224 g/mol. The van der Waals surface area contributed by atoms with Gasteiger partial charge in [0.15, 0.2) is 0 Å². The highest BCUT2D eigenvalue weighted by Gasteiger charge is 2.31. The minimum absolute atomic E-state index is 0.193. The molecule has 1 aromatic rings. The van der Waals surface area contributed by atoms with Gasteiger partial charge in [0.25, 0.3) is 0 Å². The molecule has 1 aliphatic rings. The van der Waals surface area contributed by atoms with Crippen LogP contribution >= 0.6 is 0 Å². The van der Waals surface area contributed by atoms with Crippen molar-refractivity contribution in [2.45, 2.75) is 32.9 Å². The number of piperazine rings is 1. The van der Waals surface area contributed by atoms with Gasteiger partial charge in [-0.25, -0.2) is 4.98 Å². The van der Waals surface area contributed by atoms with E-state index in [4.69, 9.17) is 5.73 Å². The number of hydrogen-bond donors (Lipinski definition) is 1. The number of likely N-dealkylation sites (N-methyl/N-ethyl adjacent to an activating group) is 1. The van der Waals surface area contributed by atoms with Crippen molar-refractivity contribution in [3.05, 3.63) is 23.4 Å². The fourth-order valence-electron chi connectivity index (χ4n) is 2.49. The zero-order valence-corrected chi connectivity index (χ0v) is 11.9. The minimum atomic E-state index is 0.193. The van der Waals surface area contributed by atoms with Gasteiger partial charge in [0.05, 0.1) is 0 Å². The van der Waals surface area contributed by atoms with Gasteiger partial charge in [-0.2, -0.15) is 0 Å². The van der Waals surface area contributed by atoms with Crippen LogP contribution in [0, 0.1) is 6.92 Å². The summed E-state index contributed by atoms with van der Waals surface area (Å²) >= 11 is 0. The van der Waals surface area contributed by atoms with Crippen LogP contribution in [0.5, 0.6) is 0 Å². The van der Waals surface area contributed by atoms with Crippen LogP contribution in [0.1, 0.15) is 25.0 Å². The second-order valence-electron chi connectivity index (χ2n) is 5.84. The second-order valence-corrected chi connectivity index (χ2v) is 5.84. The van der Waals surface area contributed by atoms with E-state index in [1.54, 1.807) is 0 Å². The van der Waals surface area contributed by atoms with Crippen molar-refractivity contribution in [3.8, 4) is 0 Å². The summed E-state index contributed by atoms with van der Waals surface area (Å²) in [7, 11) is 2.19. The third-order valence-corrected chi connectivity index (χ3v) is 3.96. The Hall–Kier alpha value is -1.13. The van der Waals surface area contributed by atoms with E-state index in [0.717, 1.165) is 31.0 Å². The molecule has 0 unspecified atom stereocenters. The molecule has 0 atom stereocenters. The molecular formula is C14H24N4. The Morgan fingerprint density at radius 3 is 2.67 bits per heavy atom. The van der Waals surface area contributed by atoms with E-state index < -0.39 is 0 Å². The Bertz CT molecular complexity index is 428. The van der Waals surface area contributed by atoms with Gasteiger partial charge in [0.1, 0.15) is 5.82 Å². The Kier molecular flexibility index (Phi) is 3.59. The molecule has 0 aliphatic carbocycles. The average Bonchev–Trinajstić information content (AvgIpc) is 2.32. The van der Waals surface area contributed by atoms with E-state index in [2.05, 4.69) is 48.7 Å². The normalized spacial score (nSPS) is 20.2. The lowest BCUT2D eigenvalue weighted by Gasteiger charge is -2.46. The quantitative estimate of drug-likeness (QED) is 0.859. The van der Waals surface area contributed by atoms with E-state index in [1.165, 1.54) is 5.56 Å². The number of pyridine rings is 1. The number of aromatic nitrogens is 1. The first-order chi connectivity index (χ1) is 8.44. The van der Waals surface area contributed by atoms with Crippen LogP contribution in [0.2, 0.25) is 0 Å². The van der Waals surface area contributed by atoms with Gasteiger partial charge in [-0.05, 0) is 45.0 Å². The molecule has 0 saturated carbocycles. The molecule has 0 amide bonds. The molecule has 100 valence electrons. The number of anilines is 1. The fraction of sp³-hybridized carbons (Fsp3) is 0.643. The third kappa shape index (κ3) is 2.49. The lowest BCUT2D eigenvalue weighted by Crippen LogP contribution is -2.58. The van der Waals surface area contributed by atoms with Crippen molar-refractivity contribution in [1.82, 2.24) is 9.88 Å². The number of hydrogen-bond acceptors (Lipinski definition) is 4. The van der Waals surface area contributed by atoms with E-state index in [9.17, 15) is 0 Å². The smallest absolute Gasteiger partial charge is 0.131 e. The number of nitrogens with zero attached hydrogens (tertiary/aromatic N) is 3. The van der Waals surface area contributed by atoms with Gasteiger partial charge >= 0.3 is 0 Å². The maximum atomic E-state index is 5.65. The van der Waals surface area contributed by atoms with E-state index >= 15 is 0 Å². The molecule has 4 heteroatoms. The Morgan fingerprint density at radius 1 is 1.39 bits per heavy atom. The first kappa shape index (κ1) is 13.3. The lowest BCUT2D eigenvalue weighted by molar-refractivity contribution is 0.138. The maximum Gasteiger partial charge on any atom is 0.131 e. The second kappa shape index (κ2) is 4.86. The van der Waals surface area contributed by atoms with Crippen LogP contribution in [0.25, 0.3) is 0 Å². The van der Waals surface area contributed by atoms with Crippen LogP contribution in [0.15, 0.2) is 12.3 Å². The highest BCUT2D eigenvalue weighted by molar-refractivity contribution is 5.48. The standard InChI is InChI=1S/C14H24N4/c1-11-7-12(8-15)9-16-13(11)18-6-5-17(4)14(2,3)10-18/h7,9H,5-6,8,10,15H2,1-4H3. The molecule has 2 heterocycles. The highest BCUT2D eigenvalue weighted by atomic mass is 15.3. The summed E-state index contributed by atoms with van der Waals surface area (Å²) in [6.45, 7) is 10.4. The molecule has 0 bridgehead atoms. The predicted octanol–water partition coefficient (Wildman–Crippen LogP) is 1.38. The first-order valence-corrected chi connectivity index (χ1v) is 6.56. The summed E-state index contributed by atoms with van der Waals surface area (Å²) < 4.78 is 0. The molecule has 2 rings (SSSR count). The summed E-state index contributed by atoms with van der Waals surface area (Å²) in [5.74, 6) is 1.10. The van der Waals surface area contributed by atoms with Gasteiger partial charge in [-0.1, -0.05) is 0 Å². The molecule has 0 radical (unpaired) electrons.